The first-order valence-corrected chi connectivity index (χ1v) is 13.0. The minimum Gasteiger partial charge on any atom is -0.289 e. The zero-order chi connectivity index (χ0) is 22.2. The predicted octanol–water partition coefficient (Wildman–Crippen LogP) is 8.29. The van der Waals surface area contributed by atoms with E-state index in [1.54, 1.807) is 12.1 Å². The minimum atomic E-state index is -0.131. The number of ketones is 2. The smallest absolute Gasteiger partial charge is 0.196 e. The molecule has 0 heterocycles. The maximum atomic E-state index is 13.9. The third kappa shape index (κ3) is 3.90. The fourth-order valence-corrected chi connectivity index (χ4v) is 6.78. The van der Waals surface area contributed by atoms with Crippen LogP contribution in [0.1, 0.15) is 31.8 Å². The predicted molar refractivity (Wildman–Crippen MR) is 136 cm³/mol. The van der Waals surface area contributed by atoms with Gasteiger partial charge in [-0.05, 0) is 68.3 Å². The fraction of sp³-hybridized carbons (Fsp3) is 0. The molecule has 0 fully saturated rings. The molecule has 1 aliphatic rings. The lowest BCUT2D eigenvalue weighted by Crippen LogP contribution is -2.23. The summed E-state index contributed by atoms with van der Waals surface area (Å²) >= 11 is 10.2. The van der Waals surface area contributed by atoms with E-state index in [0.717, 1.165) is 28.5 Å². The van der Waals surface area contributed by atoms with Gasteiger partial charge in [-0.3, -0.25) is 9.59 Å². The SMILES string of the molecule is O=C1c2cccc(Sc3ccccc3)c2C(=O)c2c1cc(Br)c(Br)c2Sc1ccccc1. The number of benzene rings is 4. The van der Waals surface area contributed by atoms with Crippen molar-refractivity contribution < 1.29 is 9.59 Å². The monoisotopic (exact) mass is 580 g/mol. The Morgan fingerprint density at radius 3 is 1.88 bits per heavy atom. The highest BCUT2D eigenvalue weighted by Crippen LogP contribution is 2.46. The lowest BCUT2D eigenvalue weighted by molar-refractivity contribution is 0.0974. The van der Waals surface area contributed by atoms with Crippen LogP contribution in [0.5, 0.6) is 0 Å². The van der Waals surface area contributed by atoms with Gasteiger partial charge in [-0.15, -0.1) is 0 Å². The summed E-state index contributed by atoms with van der Waals surface area (Å²) in [5, 5.41) is 0. The molecule has 0 saturated carbocycles. The highest BCUT2D eigenvalue weighted by atomic mass is 79.9. The Hall–Kier alpha value is -2.12. The summed E-state index contributed by atoms with van der Waals surface area (Å²) in [6.07, 6.45) is 0. The van der Waals surface area contributed by atoms with Crippen LogP contribution in [-0.2, 0) is 0 Å². The molecule has 0 amide bonds. The van der Waals surface area contributed by atoms with Crippen LogP contribution in [0.3, 0.4) is 0 Å². The highest BCUT2D eigenvalue weighted by molar-refractivity contribution is 9.13. The summed E-state index contributed by atoms with van der Waals surface area (Å²) in [4.78, 5) is 31.0. The number of hydrogen-bond donors (Lipinski definition) is 0. The Bertz CT molecular complexity index is 1370. The molecule has 0 N–H and O–H groups in total. The molecule has 0 bridgehead atoms. The molecule has 6 heteroatoms. The molecule has 0 spiro atoms. The molecule has 2 nitrogen and oxygen atoms in total. The van der Waals surface area contributed by atoms with Crippen LogP contribution in [0.2, 0.25) is 0 Å². The third-order valence-corrected chi connectivity index (χ3v) is 9.51. The van der Waals surface area contributed by atoms with Crippen LogP contribution in [-0.4, -0.2) is 11.6 Å². The van der Waals surface area contributed by atoms with E-state index in [0.29, 0.717) is 22.3 Å². The molecule has 0 saturated heterocycles. The van der Waals surface area contributed by atoms with Crippen molar-refractivity contribution in [1.82, 2.24) is 0 Å². The quantitative estimate of drug-likeness (QED) is 0.214. The van der Waals surface area contributed by atoms with Crippen LogP contribution >= 0.6 is 55.4 Å². The number of carbonyl (C=O) groups excluding carboxylic acids is 2. The molecule has 32 heavy (non-hydrogen) atoms. The number of fused-ring (bicyclic) bond motifs is 2. The normalized spacial score (nSPS) is 12.4. The van der Waals surface area contributed by atoms with E-state index in [1.807, 2.05) is 72.8 Å². The molecule has 0 aliphatic heterocycles. The van der Waals surface area contributed by atoms with Crippen molar-refractivity contribution in [2.24, 2.45) is 0 Å². The zero-order valence-electron chi connectivity index (χ0n) is 16.5. The Balaban J connectivity index is 1.68. The second-order valence-electron chi connectivity index (χ2n) is 7.09. The molecule has 1 aliphatic carbocycles. The van der Waals surface area contributed by atoms with E-state index in [1.165, 1.54) is 23.5 Å². The average Bonchev–Trinajstić information content (AvgIpc) is 2.81. The van der Waals surface area contributed by atoms with E-state index in [-0.39, 0.29) is 11.6 Å². The number of carbonyl (C=O) groups is 2. The van der Waals surface area contributed by atoms with Gasteiger partial charge in [0.15, 0.2) is 11.6 Å². The molecular weight excluding hydrogens is 568 g/mol. The first-order chi connectivity index (χ1) is 15.5. The van der Waals surface area contributed by atoms with Crippen LogP contribution in [0, 0.1) is 0 Å². The van der Waals surface area contributed by atoms with Crippen LogP contribution < -0.4 is 0 Å². The maximum absolute atomic E-state index is 13.9. The molecular formula is C26H14Br2O2S2. The first-order valence-electron chi connectivity index (χ1n) is 9.75. The number of hydrogen-bond acceptors (Lipinski definition) is 4. The molecule has 4 aromatic carbocycles. The fourth-order valence-electron chi connectivity index (χ4n) is 3.63. The van der Waals surface area contributed by atoms with Crippen molar-refractivity contribution >= 4 is 67.0 Å². The van der Waals surface area contributed by atoms with Crippen LogP contribution in [0.25, 0.3) is 0 Å². The van der Waals surface area contributed by atoms with Crippen molar-refractivity contribution in [1.29, 1.82) is 0 Å². The summed E-state index contributed by atoms with van der Waals surface area (Å²) in [6, 6.07) is 27.0. The second kappa shape index (κ2) is 9.02. The van der Waals surface area contributed by atoms with Gasteiger partial charge in [-0.2, -0.15) is 0 Å². The lowest BCUT2D eigenvalue weighted by atomic mass is 9.84. The zero-order valence-corrected chi connectivity index (χ0v) is 21.3. The minimum absolute atomic E-state index is 0.125. The van der Waals surface area contributed by atoms with Crippen LogP contribution in [0.15, 0.2) is 113 Å². The average molecular weight is 582 g/mol. The molecule has 156 valence electrons. The third-order valence-electron chi connectivity index (χ3n) is 5.08. The van der Waals surface area contributed by atoms with Gasteiger partial charge in [-0.25, -0.2) is 0 Å². The van der Waals surface area contributed by atoms with E-state index in [4.69, 9.17) is 0 Å². The van der Waals surface area contributed by atoms with E-state index in [9.17, 15) is 9.59 Å². The Kier molecular flexibility index (Phi) is 6.12. The Morgan fingerprint density at radius 1 is 0.594 bits per heavy atom. The van der Waals surface area contributed by atoms with Gasteiger partial charge in [0, 0.05) is 50.8 Å². The summed E-state index contributed by atoms with van der Waals surface area (Å²) in [5.41, 5.74) is 1.81. The second-order valence-corrected chi connectivity index (χ2v) is 10.9. The van der Waals surface area contributed by atoms with Gasteiger partial charge < -0.3 is 0 Å². The molecule has 0 atom stereocenters. The number of rotatable bonds is 4. The van der Waals surface area contributed by atoms with E-state index >= 15 is 0 Å². The molecule has 4 aromatic rings. The van der Waals surface area contributed by atoms with Crippen molar-refractivity contribution in [3.63, 3.8) is 0 Å². The summed E-state index contributed by atoms with van der Waals surface area (Å²) in [5.74, 6) is -0.256. The Morgan fingerprint density at radius 2 is 1.22 bits per heavy atom. The van der Waals surface area contributed by atoms with Gasteiger partial charge in [0.05, 0.1) is 0 Å². The van der Waals surface area contributed by atoms with Gasteiger partial charge >= 0.3 is 0 Å². The van der Waals surface area contributed by atoms with Crippen molar-refractivity contribution in [3.8, 4) is 0 Å². The standard InChI is InChI=1S/C26H14Br2O2S2/c27-19-14-18-22(26(23(19)28)32-16-10-5-2-6-11-16)25(30)21-17(24(18)29)12-7-13-20(21)31-15-8-3-1-4-9-15/h1-14H. The summed E-state index contributed by atoms with van der Waals surface area (Å²) < 4.78 is 1.51. The van der Waals surface area contributed by atoms with Crippen molar-refractivity contribution in [3.05, 3.63) is 116 Å². The summed E-state index contributed by atoms with van der Waals surface area (Å²) in [6.45, 7) is 0. The van der Waals surface area contributed by atoms with E-state index in [2.05, 4.69) is 31.9 Å². The van der Waals surface area contributed by atoms with Crippen molar-refractivity contribution in [2.75, 3.05) is 0 Å². The molecule has 0 radical (unpaired) electrons. The topological polar surface area (TPSA) is 34.1 Å². The Labute approximate surface area is 211 Å². The first kappa shape index (κ1) is 21.7. The number of halogens is 2. The van der Waals surface area contributed by atoms with Gasteiger partial charge in [-0.1, -0.05) is 72.1 Å². The maximum Gasteiger partial charge on any atom is 0.196 e. The lowest BCUT2D eigenvalue weighted by Gasteiger charge is -2.23. The largest absolute Gasteiger partial charge is 0.289 e. The summed E-state index contributed by atoms with van der Waals surface area (Å²) in [7, 11) is 0. The van der Waals surface area contributed by atoms with Gasteiger partial charge in [0.25, 0.3) is 0 Å². The van der Waals surface area contributed by atoms with Gasteiger partial charge in [0.2, 0.25) is 0 Å². The van der Waals surface area contributed by atoms with Crippen LogP contribution in [0.4, 0.5) is 0 Å². The molecule has 0 aromatic heterocycles. The van der Waals surface area contributed by atoms with Gasteiger partial charge in [0.1, 0.15) is 0 Å². The highest BCUT2D eigenvalue weighted by Gasteiger charge is 2.35. The molecule has 5 rings (SSSR count). The van der Waals surface area contributed by atoms with Crippen molar-refractivity contribution in [2.45, 2.75) is 19.6 Å². The molecule has 0 unspecified atom stereocenters. The van der Waals surface area contributed by atoms with E-state index < -0.39 is 0 Å².